The van der Waals surface area contributed by atoms with Crippen LogP contribution < -0.4 is 0 Å². The van der Waals surface area contributed by atoms with Crippen molar-refractivity contribution in [1.29, 1.82) is 0 Å². The number of ketones is 2. The first-order valence-corrected chi connectivity index (χ1v) is 9.70. The van der Waals surface area contributed by atoms with Gasteiger partial charge in [-0.3, -0.25) is 9.59 Å². The molecule has 8 atom stereocenters. The number of aliphatic hydroxyl groups excluding tert-OH is 2. The van der Waals surface area contributed by atoms with E-state index < -0.39 is 11.5 Å². The number of carbonyl (C=O) groups excluding carboxylic acids is 2. The summed E-state index contributed by atoms with van der Waals surface area (Å²) in [4.78, 5) is 25.9. The van der Waals surface area contributed by atoms with Gasteiger partial charge in [-0.1, -0.05) is 13.8 Å². The lowest BCUT2D eigenvalue weighted by Crippen LogP contribution is -2.61. The van der Waals surface area contributed by atoms with Crippen LogP contribution in [0.4, 0.5) is 0 Å². The third-order valence-electron chi connectivity index (χ3n) is 8.33. The van der Waals surface area contributed by atoms with Crippen molar-refractivity contribution >= 4 is 11.6 Å². The molecule has 0 bridgehead atoms. The molecular weight excluding hydrogens is 304 g/mol. The van der Waals surface area contributed by atoms with Crippen LogP contribution in [0.3, 0.4) is 0 Å². The van der Waals surface area contributed by atoms with Crippen molar-refractivity contribution in [3.63, 3.8) is 0 Å². The molecule has 0 aliphatic heterocycles. The third-order valence-corrected chi connectivity index (χ3v) is 8.33. The van der Waals surface area contributed by atoms with Gasteiger partial charge in [0.2, 0.25) is 0 Å². The van der Waals surface area contributed by atoms with Crippen molar-refractivity contribution in [3.8, 4) is 0 Å². The molecular formula is C20H30O4. The minimum absolute atomic E-state index is 0.0142. The number of hydrogen-bond acceptors (Lipinski definition) is 4. The van der Waals surface area contributed by atoms with Gasteiger partial charge in [-0.2, -0.15) is 0 Å². The maximum absolute atomic E-state index is 13.2. The number of carbonyl (C=O) groups is 2. The number of aliphatic hydroxyl groups is 2. The maximum Gasteiger partial charge on any atom is 0.167 e. The van der Waals surface area contributed by atoms with Crippen LogP contribution in [0.1, 0.15) is 65.2 Å². The van der Waals surface area contributed by atoms with E-state index in [9.17, 15) is 19.8 Å². The Morgan fingerprint density at radius 2 is 1.75 bits per heavy atom. The second-order valence-corrected chi connectivity index (χ2v) is 9.47. The first kappa shape index (κ1) is 16.7. The van der Waals surface area contributed by atoms with Gasteiger partial charge in [0.05, 0.1) is 6.10 Å². The van der Waals surface area contributed by atoms with E-state index in [1.54, 1.807) is 0 Å². The van der Waals surface area contributed by atoms with Gasteiger partial charge < -0.3 is 10.2 Å². The number of Topliss-reactive ketones (excluding diaryl/α,β-unsaturated/α-hetero) is 2. The quantitative estimate of drug-likeness (QED) is 0.714. The fraction of sp³-hybridized carbons (Fsp3) is 0.900. The Labute approximate surface area is 144 Å². The fourth-order valence-corrected chi connectivity index (χ4v) is 7.07. The Hall–Kier alpha value is -0.740. The largest absolute Gasteiger partial charge is 0.393 e. The fourth-order valence-electron chi connectivity index (χ4n) is 7.07. The Balaban J connectivity index is 1.70. The first-order valence-electron chi connectivity index (χ1n) is 9.70. The van der Waals surface area contributed by atoms with Crippen LogP contribution in [0.2, 0.25) is 0 Å². The lowest BCUT2D eigenvalue weighted by atomic mass is 9.42. The minimum Gasteiger partial charge on any atom is -0.393 e. The highest BCUT2D eigenvalue weighted by Gasteiger charge is 2.63. The topological polar surface area (TPSA) is 74.6 Å². The molecule has 0 aromatic carbocycles. The third kappa shape index (κ3) is 2.11. The molecule has 4 aliphatic carbocycles. The van der Waals surface area contributed by atoms with Crippen molar-refractivity contribution in [1.82, 2.24) is 0 Å². The summed E-state index contributed by atoms with van der Waals surface area (Å²) >= 11 is 0. The molecule has 4 nitrogen and oxygen atoms in total. The van der Waals surface area contributed by atoms with Crippen molar-refractivity contribution in [2.75, 3.05) is 0 Å². The molecule has 24 heavy (non-hydrogen) atoms. The standard InChI is InChI=1S/C20H30O4/c1-19-8-7-12(21)9-11(19)3-4-13-14-5-6-15(22)18(24)20(14,2)10-16(23)17(13)19/h11-15,17,21-22H,3-10H2,1-2H3/t11-,12-,13-,14-,15+,17+,19+,20+/m1/s1. The van der Waals surface area contributed by atoms with Gasteiger partial charge in [0, 0.05) is 17.8 Å². The zero-order valence-electron chi connectivity index (χ0n) is 14.8. The van der Waals surface area contributed by atoms with Gasteiger partial charge in [-0.15, -0.1) is 0 Å². The van der Waals surface area contributed by atoms with E-state index in [1.165, 1.54) is 0 Å². The van der Waals surface area contributed by atoms with E-state index in [4.69, 9.17) is 0 Å². The molecule has 4 aliphatic rings. The average Bonchev–Trinajstić information content (AvgIpc) is 2.52. The zero-order chi connectivity index (χ0) is 17.3. The van der Waals surface area contributed by atoms with Crippen molar-refractivity contribution in [3.05, 3.63) is 0 Å². The van der Waals surface area contributed by atoms with E-state index >= 15 is 0 Å². The lowest BCUT2D eigenvalue weighted by Gasteiger charge is -2.61. The maximum atomic E-state index is 13.2. The van der Waals surface area contributed by atoms with Crippen LogP contribution in [-0.4, -0.2) is 34.0 Å². The molecule has 0 unspecified atom stereocenters. The van der Waals surface area contributed by atoms with Crippen LogP contribution >= 0.6 is 0 Å². The molecule has 4 heteroatoms. The Kier molecular flexibility index (Phi) is 3.74. The summed E-state index contributed by atoms with van der Waals surface area (Å²) in [6.45, 7) is 4.19. The van der Waals surface area contributed by atoms with Crippen LogP contribution in [-0.2, 0) is 9.59 Å². The van der Waals surface area contributed by atoms with E-state index in [1.807, 2.05) is 6.92 Å². The van der Waals surface area contributed by atoms with Crippen molar-refractivity contribution in [2.24, 2.45) is 34.5 Å². The predicted molar refractivity (Wildman–Crippen MR) is 89.1 cm³/mol. The SMILES string of the molecule is C[C@]12CC[C@@H](O)C[C@H]1CC[C@H]1[C@H]2C(=O)C[C@]2(C)C(=O)[C@@H](O)CC[C@H]12. The molecule has 0 amide bonds. The summed E-state index contributed by atoms with van der Waals surface area (Å²) in [6, 6.07) is 0. The monoisotopic (exact) mass is 334 g/mol. The number of fused-ring (bicyclic) bond motifs is 5. The number of hydrogen-bond donors (Lipinski definition) is 2. The molecule has 4 saturated carbocycles. The summed E-state index contributed by atoms with van der Waals surface area (Å²) < 4.78 is 0. The summed E-state index contributed by atoms with van der Waals surface area (Å²) in [7, 11) is 0. The number of rotatable bonds is 0. The van der Waals surface area contributed by atoms with Crippen molar-refractivity contribution in [2.45, 2.75) is 77.4 Å². The first-order chi connectivity index (χ1) is 11.3. The van der Waals surface area contributed by atoms with Gasteiger partial charge in [0.15, 0.2) is 5.78 Å². The van der Waals surface area contributed by atoms with E-state index in [2.05, 4.69) is 6.92 Å². The average molecular weight is 334 g/mol. The summed E-state index contributed by atoms with van der Waals surface area (Å²) in [6.07, 6.45) is 5.22. The second-order valence-electron chi connectivity index (χ2n) is 9.47. The Morgan fingerprint density at radius 1 is 1.00 bits per heavy atom. The van der Waals surface area contributed by atoms with E-state index in [0.717, 1.165) is 38.5 Å². The molecule has 0 spiro atoms. The Bertz CT molecular complexity index is 572. The van der Waals surface area contributed by atoms with Gasteiger partial charge in [0.25, 0.3) is 0 Å². The van der Waals surface area contributed by atoms with Gasteiger partial charge in [-0.25, -0.2) is 0 Å². The smallest absolute Gasteiger partial charge is 0.167 e. The summed E-state index contributed by atoms with van der Waals surface area (Å²) in [5.74, 6) is 1.14. The van der Waals surface area contributed by atoms with E-state index in [-0.39, 0.29) is 40.8 Å². The van der Waals surface area contributed by atoms with Crippen LogP contribution in [0.15, 0.2) is 0 Å². The lowest BCUT2D eigenvalue weighted by molar-refractivity contribution is -0.176. The Morgan fingerprint density at radius 3 is 2.50 bits per heavy atom. The molecule has 4 fully saturated rings. The molecule has 0 radical (unpaired) electrons. The van der Waals surface area contributed by atoms with Crippen molar-refractivity contribution < 1.29 is 19.8 Å². The van der Waals surface area contributed by atoms with Gasteiger partial charge in [0.1, 0.15) is 11.9 Å². The molecule has 0 aromatic heterocycles. The molecule has 0 saturated heterocycles. The highest BCUT2D eigenvalue weighted by molar-refractivity contribution is 5.96. The second kappa shape index (κ2) is 5.38. The minimum atomic E-state index is -0.882. The normalized spacial score (nSPS) is 54.7. The van der Waals surface area contributed by atoms with E-state index in [0.29, 0.717) is 18.8 Å². The molecule has 0 heterocycles. The molecule has 134 valence electrons. The summed E-state index contributed by atoms with van der Waals surface area (Å²) in [5, 5.41) is 20.1. The van der Waals surface area contributed by atoms with Gasteiger partial charge in [-0.05, 0) is 68.1 Å². The van der Waals surface area contributed by atoms with Crippen LogP contribution in [0.5, 0.6) is 0 Å². The highest BCUT2D eigenvalue weighted by Crippen LogP contribution is 2.63. The van der Waals surface area contributed by atoms with Crippen LogP contribution in [0, 0.1) is 34.5 Å². The van der Waals surface area contributed by atoms with Gasteiger partial charge >= 0.3 is 0 Å². The molecule has 4 rings (SSSR count). The molecule has 2 N–H and O–H groups in total. The predicted octanol–water partition coefficient (Wildman–Crippen LogP) is 2.50. The molecule has 0 aromatic rings. The van der Waals surface area contributed by atoms with Crippen LogP contribution in [0.25, 0.3) is 0 Å². The highest BCUT2D eigenvalue weighted by atomic mass is 16.3. The zero-order valence-corrected chi connectivity index (χ0v) is 14.8. The summed E-state index contributed by atoms with van der Waals surface area (Å²) in [5.41, 5.74) is -0.674.